The van der Waals surface area contributed by atoms with Crippen LogP contribution in [-0.4, -0.2) is 31.7 Å². The van der Waals surface area contributed by atoms with Gasteiger partial charge < -0.3 is 15.2 Å². The summed E-state index contributed by atoms with van der Waals surface area (Å²) in [6.07, 6.45) is -1.42. The van der Waals surface area contributed by atoms with Crippen LogP contribution in [0.5, 0.6) is 5.75 Å². The number of methoxy groups -OCH3 is 1. The standard InChI is InChI=1S/C14H19F2NO2/c1-5-10-8-11(6-7-12(10)19-4)14(18,13(15)16)9(2)17-3/h5-9,13,17-18H,1H2,2-4H3. The molecular formula is C14H19F2NO2. The number of benzene rings is 1. The van der Waals surface area contributed by atoms with Crippen molar-refractivity contribution in [1.29, 1.82) is 0 Å². The fourth-order valence-electron chi connectivity index (χ4n) is 1.93. The molecule has 2 atom stereocenters. The van der Waals surface area contributed by atoms with Crippen molar-refractivity contribution in [3.8, 4) is 5.75 Å². The minimum absolute atomic E-state index is 0.125. The third-order valence-electron chi connectivity index (χ3n) is 3.34. The van der Waals surface area contributed by atoms with E-state index in [0.29, 0.717) is 11.3 Å². The number of ether oxygens (including phenoxy) is 1. The van der Waals surface area contributed by atoms with E-state index in [4.69, 9.17) is 4.74 Å². The van der Waals surface area contributed by atoms with Gasteiger partial charge in [0.2, 0.25) is 0 Å². The first-order valence-electron chi connectivity index (χ1n) is 5.90. The number of halogens is 2. The average molecular weight is 271 g/mol. The summed E-state index contributed by atoms with van der Waals surface area (Å²) < 4.78 is 31.7. The molecule has 0 aliphatic heterocycles. The molecule has 0 heterocycles. The van der Waals surface area contributed by atoms with Gasteiger partial charge in [0.25, 0.3) is 6.43 Å². The first-order chi connectivity index (χ1) is 8.91. The molecule has 19 heavy (non-hydrogen) atoms. The number of likely N-dealkylation sites (N-methyl/N-ethyl adjacent to an activating group) is 1. The molecule has 0 radical (unpaired) electrons. The molecule has 1 aromatic carbocycles. The molecule has 0 aromatic heterocycles. The summed E-state index contributed by atoms with van der Waals surface area (Å²) in [5.41, 5.74) is -1.58. The molecule has 2 unspecified atom stereocenters. The van der Waals surface area contributed by atoms with Crippen molar-refractivity contribution in [1.82, 2.24) is 5.32 Å². The third-order valence-corrected chi connectivity index (χ3v) is 3.34. The van der Waals surface area contributed by atoms with Gasteiger partial charge in [-0.25, -0.2) is 8.78 Å². The van der Waals surface area contributed by atoms with E-state index in [2.05, 4.69) is 11.9 Å². The Labute approximate surface area is 111 Å². The SMILES string of the molecule is C=Cc1cc(C(O)(C(F)F)C(C)NC)ccc1OC. The Kier molecular flexibility index (Phi) is 5.03. The molecule has 0 bridgehead atoms. The molecule has 3 nitrogen and oxygen atoms in total. The number of hydrogen-bond acceptors (Lipinski definition) is 3. The Morgan fingerprint density at radius 2 is 2.11 bits per heavy atom. The minimum Gasteiger partial charge on any atom is -0.496 e. The van der Waals surface area contributed by atoms with E-state index in [1.54, 1.807) is 6.07 Å². The highest BCUT2D eigenvalue weighted by molar-refractivity contribution is 5.57. The maximum absolute atomic E-state index is 13.3. The second kappa shape index (κ2) is 6.12. The van der Waals surface area contributed by atoms with Gasteiger partial charge in [-0.2, -0.15) is 0 Å². The van der Waals surface area contributed by atoms with E-state index >= 15 is 0 Å². The van der Waals surface area contributed by atoms with Gasteiger partial charge in [0.05, 0.1) is 7.11 Å². The molecule has 106 valence electrons. The topological polar surface area (TPSA) is 41.5 Å². The number of aliphatic hydroxyl groups is 1. The second-order valence-electron chi connectivity index (χ2n) is 4.30. The van der Waals surface area contributed by atoms with Crippen molar-refractivity contribution >= 4 is 6.08 Å². The van der Waals surface area contributed by atoms with Gasteiger partial charge in [0.1, 0.15) is 5.75 Å². The van der Waals surface area contributed by atoms with Crippen LogP contribution in [0.3, 0.4) is 0 Å². The maximum atomic E-state index is 13.3. The summed E-state index contributed by atoms with van der Waals surface area (Å²) in [6, 6.07) is 3.64. The van der Waals surface area contributed by atoms with Crippen LogP contribution in [0.1, 0.15) is 18.1 Å². The predicted octanol–water partition coefficient (Wildman–Crippen LogP) is 2.40. The van der Waals surface area contributed by atoms with Crippen LogP contribution in [0.15, 0.2) is 24.8 Å². The lowest BCUT2D eigenvalue weighted by atomic mass is 9.86. The zero-order valence-electron chi connectivity index (χ0n) is 11.3. The van der Waals surface area contributed by atoms with E-state index in [1.807, 2.05) is 0 Å². The van der Waals surface area contributed by atoms with Crippen molar-refractivity contribution in [2.24, 2.45) is 0 Å². The highest BCUT2D eigenvalue weighted by atomic mass is 19.3. The normalized spacial score (nSPS) is 15.9. The largest absolute Gasteiger partial charge is 0.496 e. The van der Waals surface area contributed by atoms with Gasteiger partial charge in [0.15, 0.2) is 5.60 Å². The Hall–Kier alpha value is -1.46. The fraction of sp³-hybridized carbons (Fsp3) is 0.429. The van der Waals surface area contributed by atoms with E-state index in [9.17, 15) is 13.9 Å². The van der Waals surface area contributed by atoms with Crippen LogP contribution < -0.4 is 10.1 Å². The Morgan fingerprint density at radius 3 is 2.53 bits per heavy atom. The van der Waals surface area contributed by atoms with Crippen molar-refractivity contribution in [3.63, 3.8) is 0 Å². The van der Waals surface area contributed by atoms with Gasteiger partial charge >= 0.3 is 0 Å². The average Bonchev–Trinajstić information content (AvgIpc) is 2.44. The van der Waals surface area contributed by atoms with Crippen molar-refractivity contribution in [2.75, 3.05) is 14.2 Å². The summed E-state index contributed by atoms with van der Waals surface area (Å²) in [5, 5.41) is 13.0. The molecule has 0 fully saturated rings. The summed E-state index contributed by atoms with van der Waals surface area (Å²) in [7, 11) is 3.01. The van der Waals surface area contributed by atoms with Crippen molar-refractivity contribution in [3.05, 3.63) is 35.9 Å². The molecule has 2 N–H and O–H groups in total. The highest BCUT2D eigenvalue weighted by Crippen LogP contribution is 2.34. The van der Waals surface area contributed by atoms with Gasteiger partial charge in [-0.1, -0.05) is 18.7 Å². The molecule has 0 spiro atoms. The van der Waals surface area contributed by atoms with Gasteiger partial charge in [-0.3, -0.25) is 0 Å². The number of hydrogen-bond donors (Lipinski definition) is 2. The smallest absolute Gasteiger partial charge is 0.272 e. The van der Waals surface area contributed by atoms with Gasteiger partial charge in [0, 0.05) is 11.6 Å². The highest BCUT2D eigenvalue weighted by Gasteiger charge is 2.44. The third kappa shape index (κ3) is 2.77. The fourth-order valence-corrected chi connectivity index (χ4v) is 1.93. The maximum Gasteiger partial charge on any atom is 0.272 e. The molecule has 1 aromatic rings. The summed E-state index contributed by atoms with van der Waals surface area (Å²) in [5.74, 6) is 0.521. The Bertz CT molecular complexity index is 451. The van der Waals surface area contributed by atoms with Crippen LogP contribution in [-0.2, 0) is 5.60 Å². The van der Waals surface area contributed by atoms with E-state index in [1.165, 1.54) is 39.3 Å². The van der Waals surface area contributed by atoms with Crippen LogP contribution in [0.2, 0.25) is 0 Å². The lowest BCUT2D eigenvalue weighted by Gasteiger charge is -2.34. The first kappa shape index (κ1) is 15.6. The molecule has 0 saturated heterocycles. The number of rotatable bonds is 6. The van der Waals surface area contributed by atoms with E-state index in [0.717, 1.165) is 0 Å². The van der Waals surface area contributed by atoms with Crippen molar-refractivity contribution in [2.45, 2.75) is 25.0 Å². The van der Waals surface area contributed by atoms with Crippen LogP contribution in [0.4, 0.5) is 8.78 Å². The number of alkyl halides is 2. The molecular weight excluding hydrogens is 252 g/mol. The summed E-state index contributed by atoms with van der Waals surface area (Å²) >= 11 is 0. The summed E-state index contributed by atoms with van der Waals surface area (Å²) in [6.45, 7) is 5.11. The molecule has 0 saturated carbocycles. The second-order valence-corrected chi connectivity index (χ2v) is 4.30. The van der Waals surface area contributed by atoms with Crippen molar-refractivity contribution < 1.29 is 18.6 Å². The zero-order valence-corrected chi connectivity index (χ0v) is 11.3. The van der Waals surface area contributed by atoms with Crippen LogP contribution in [0.25, 0.3) is 6.08 Å². The molecule has 0 aliphatic rings. The summed E-state index contributed by atoms with van der Waals surface area (Å²) in [4.78, 5) is 0. The molecule has 5 heteroatoms. The molecule has 0 aliphatic carbocycles. The Balaban J connectivity index is 3.36. The first-order valence-corrected chi connectivity index (χ1v) is 5.90. The lowest BCUT2D eigenvalue weighted by molar-refractivity contribution is -0.120. The quantitative estimate of drug-likeness (QED) is 0.835. The van der Waals surface area contributed by atoms with E-state index < -0.39 is 18.1 Å². The number of nitrogens with one attached hydrogen (secondary N) is 1. The predicted molar refractivity (Wildman–Crippen MR) is 71.5 cm³/mol. The molecule has 1 rings (SSSR count). The van der Waals surface area contributed by atoms with Crippen LogP contribution >= 0.6 is 0 Å². The lowest BCUT2D eigenvalue weighted by Crippen LogP contribution is -2.50. The molecule has 0 amide bonds. The zero-order chi connectivity index (χ0) is 14.6. The van der Waals surface area contributed by atoms with Gasteiger partial charge in [-0.05, 0) is 31.7 Å². The van der Waals surface area contributed by atoms with E-state index in [-0.39, 0.29) is 5.56 Å². The Morgan fingerprint density at radius 1 is 1.47 bits per heavy atom. The van der Waals surface area contributed by atoms with Crippen LogP contribution in [0, 0.1) is 0 Å². The monoisotopic (exact) mass is 271 g/mol. The minimum atomic E-state index is -2.92. The van der Waals surface area contributed by atoms with Gasteiger partial charge in [-0.15, -0.1) is 0 Å².